The Morgan fingerprint density at radius 3 is 2.23 bits per heavy atom. The van der Waals surface area contributed by atoms with Gasteiger partial charge < -0.3 is 5.32 Å². The van der Waals surface area contributed by atoms with Gasteiger partial charge in [-0.3, -0.25) is 9.10 Å². The van der Waals surface area contributed by atoms with Crippen LogP contribution in [0.5, 0.6) is 0 Å². The quantitative estimate of drug-likeness (QED) is 0.539. The van der Waals surface area contributed by atoms with E-state index in [-0.39, 0.29) is 11.4 Å². The number of hydrogen-bond donors (Lipinski definition) is 1. The van der Waals surface area contributed by atoms with E-state index in [4.69, 9.17) is 11.6 Å². The van der Waals surface area contributed by atoms with Crippen molar-refractivity contribution in [3.8, 4) is 0 Å². The van der Waals surface area contributed by atoms with Gasteiger partial charge in [0.1, 0.15) is 6.54 Å². The van der Waals surface area contributed by atoms with E-state index in [2.05, 4.69) is 5.32 Å². The fourth-order valence-corrected chi connectivity index (χ4v) is 4.86. The maximum absolute atomic E-state index is 13.5. The van der Waals surface area contributed by atoms with E-state index in [9.17, 15) is 13.2 Å². The number of halogens is 1. The number of nitrogens with zero attached hydrogens (tertiary/aromatic N) is 1. The molecule has 0 aliphatic rings. The number of carbonyl (C=O) groups excluding carboxylic acids is 1. The van der Waals surface area contributed by atoms with Gasteiger partial charge in [-0.15, -0.1) is 0 Å². The molecule has 1 N–H and O–H groups in total. The Hall–Kier alpha value is -2.83. The summed E-state index contributed by atoms with van der Waals surface area (Å²) in [6.07, 6.45) is 0. The molecule has 1 amide bonds. The summed E-state index contributed by atoms with van der Waals surface area (Å²) in [5.74, 6) is -0.441. The van der Waals surface area contributed by atoms with E-state index in [0.29, 0.717) is 22.0 Å². The number of carbonyl (C=O) groups is 1. The van der Waals surface area contributed by atoms with Crippen LogP contribution in [-0.2, 0) is 14.8 Å². The van der Waals surface area contributed by atoms with E-state index >= 15 is 0 Å². The van der Waals surface area contributed by atoms with E-state index in [1.807, 2.05) is 32.9 Å². The Balaban J connectivity index is 2.02. The molecule has 0 heterocycles. The highest BCUT2D eigenvalue weighted by Crippen LogP contribution is 2.31. The molecule has 0 aromatic heterocycles. The smallest absolute Gasteiger partial charge is 0.264 e. The summed E-state index contributed by atoms with van der Waals surface area (Å²) >= 11 is 6.26. The van der Waals surface area contributed by atoms with Crippen molar-refractivity contribution in [1.29, 1.82) is 0 Å². The SMILES string of the molecule is Cc1ccc(S(=O)(=O)N(CC(=O)Nc2cccc(C)c2C)c2cccc(Cl)c2C)cc1. The Morgan fingerprint density at radius 2 is 1.55 bits per heavy atom. The Labute approximate surface area is 188 Å². The summed E-state index contributed by atoms with van der Waals surface area (Å²) in [5.41, 5.74) is 4.51. The number of nitrogens with one attached hydrogen (secondary N) is 1. The Morgan fingerprint density at radius 1 is 0.903 bits per heavy atom. The van der Waals surface area contributed by atoms with Gasteiger partial charge in [0.05, 0.1) is 10.6 Å². The number of aryl methyl sites for hydroxylation is 2. The minimum Gasteiger partial charge on any atom is -0.324 e. The van der Waals surface area contributed by atoms with Crippen LogP contribution in [0.2, 0.25) is 5.02 Å². The minimum atomic E-state index is -4.00. The van der Waals surface area contributed by atoms with Gasteiger partial charge in [-0.1, -0.05) is 47.5 Å². The molecule has 0 bridgehead atoms. The molecule has 5 nitrogen and oxygen atoms in total. The topological polar surface area (TPSA) is 66.5 Å². The number of hydrogen-bond acceptors (Lipinski definition) is 3. The summed E-state index contributed by atoms with van der Waals surface area (Å²) in [7, 11) is -4.00. The molecule has 0 atom stereocenters. The highest BCUT2D eigenvalue weighted by Gasteiger charge is 2.29. The molecule has 3 aromatic carbocycles. The predicted molar refractivity (Wildman–Crippen MR) is 126 cm³/mol. The van der Waals surface area contributed by atoms with Crippen molar-refractivity contribution in [1.82, 2.24) is 0 Å². The third kappa shape index (κ3) is 4.92. The van der Waals surface area contributed by atoms with Crippen molar-refractivity contribution in [2.75, 3.05) is 16.2 Å². The maximum Gasteiger partial charge on any atom is 0.264 e. The molecule has 0 fully saturated rings. The van der Waals surface area contributed by atoms with Crippen LogP contribution in [0.3, 0.4) is 0 Å². The largest absolute Gasteiger partial charge is 0.324 e. The second-order valence-electron chi connectivity index (χ2n) is 7.50. The van der Waals surface area contributed by atoms with Crippen molar-refractivity contribution in [3.63, 3.8) is 0 Å². The lowest BCUT2D eigenvalue weighted by Gasteiger charge is -2.26. The molecule has 162 valence electrons. The third-order valence-electron chi connectivity index (χ3n) is 5.28. The lowest BCUT2D eigenvalue weighted by Crippen LogP contribution is -2.38. The van der Waals surface area contributed by atoms with Gasteiger partial charge >= 0.3 is 0 Å². The first-order valence-corrected chi connectivity index (χ1v) is 11.6. The van der Waals surface area contributed by atoms with Crippen molar-refractivity contribution in [3.05, 3.63) is 87.9 Å². The average molecular weight is 457 g/mol. The van der Waals surface area contributed by atoms with E-state index < -0.39 is 15.9 Å². The zero-order chi connectivity index (χ0) is 22.8. The van der Waals surface area contributed by atoms with Gasteiger partial charge in [-0.05, 0) is 74.7 Å². The molecule has 0 saturated carbocycles. The van der Waals surface area contributed by atoms with Gasteiger partial charge in [0, 0.05) is 10.7 Å². The van der Waals surface area contributed by atoms with Crippen LogP contribution in [0.15, 0.2) is 65.6 Å². The number of benzene rings is 3. The Kier molecular flexibility index (Phi) is 6.72. The fraction of sp³-hybridized carbons (Fsp3) is 0.208. The number of anilines is 2. The summed E-state index contributed by atoms with van der Waals surface area (Å²) in [6, 6.07) is 17.1. The Bertz CT molecular complexity index is 1220. The molecule has 31 heavy (non-hydrogen) atoms. The van der Waals surface area contributed by atoms with Gasteiger partial charge in [0.2, 0.25) is 5.91 Å². The van der Waals surface area contributed by atoms with E-state index in [0.717, 1.165) is 21.0 Å². The zero-order valence-electron chi connectivity index (χ0n) is 17.9. The first kappa shape index (κ1) is 22.8. The van der Waals surface area contributed by atoms with Crippen LogP contribution in [0, 0.1) is 27.7 Å². The van der Waals surface area contributed by atoms with Crippen LogP contribution in [0.4, 0.5) is 11.4 Å². The van der Waals surface area contributed by atoms with Crippen LogP contribution in [0.1, 0.15) is 22.3 Å². The van der Waals surface area contributed by atoms with Crippen molar-refractivity contribution in [2.24, 2.45) is 0 Å². The molecular formula is C24H25ClN2O3S. The van der Waals surface area contributed by atoms with E-state index in [1.165, 1.54) is 0 Å². The van der Waals surface area contributed by atoms with Gasteiger partial charge in [-0.25, -0.2) is 8.42 Å². The molecule has 3 rings (SSSR count). The van der Waals surface area contributed by atoms with Crippen LogP contribution in [0.25, 0.3) is 0 Å². The number of sulfonamides is 1. The van der Waals surface area contributed by atoms with Crippen LogP contribution >= 0.6 is 11.6 Å². The first-order valence-electron chi connectivity index (χ1n) is 9.82. The highest BCUT2D eigenvalue weighted by atomic mass is 35.5. The van der Waals surface area contributed by atoms with Crippen molar-refractivity contribution >= 4 is 38.9 Å². The lowest BCUT2D eigenvalue weighted by molar-refractivity contribution is -0.114. The second-order valence-corrected chi connectivity index (χ2v) is 9.77. The molecule has 0 aliphatic carbocycles. The molecule has 0 spiro atoms. The molecule has 0 aliphatic heterocycles. The molecule has 0 saturated heterocycles. The normalized spacial score (nSPS) is 11.3. The van der Waals surface area contributed by atoms with Crippen LogP contribution < -0.4 is 9.62 Å². The van der Waals surface area contributed by atoms with Crippen LogP contribution in [-0.4, -0.2) is 20.9 Å². The fourth-order valence-electron chi connectivity index (χ4n) is 3.21. The summed E-state index contributed by atoms with van der Waals surface area (Å²) in [4.78, 5) is 13.0. The number of rotatable bonds is 6. The molecule has 7 heteroatoms. The van der Waals surface area contributed by atoms with Gasteiger partial charge in [-0.2, -0.15) is 0 Å². The standard InChI is InChI=1S/C24H25ClN2O3S/c1-16-11-13-20(14-12-16)31(29,30)27(23-10-6-8-21(25)19(23)4)15-24(28)26-22-9-5-7-17(2)18(22)3/h5-14H,15H2,1-4H3,(H,26,28). The molecular weight excluding hydrogens is 432 g/mol. The molecule has 0 unspecified atom stereocenters. The minimum absolute atomic E-state index is 0.108. The summed E-state index contributed by atoms with van der Waals surface area (Å²) in [5, 5.41) is 3.27. The van der Waals surface area contributed by atoms with Crippen molar-refractivity contribution < 1.29 is 13.2 Å². The molecule has 3 aromatic rings. The lowest BCUT2D eigenvalue weighted by atomic mass is 10.1. The highest BCUT2D eigenvalue weighted by molar-refractivity contribution is 7.92. The summed E-state index contributed by atoms with van der Waals surface area (Å²) in [6.45, 7) is 7.09. The third-order valence-corrected chi connectivity index (χ3v) is 7.47. The second kappa shape index (κ2) is 9.12. The molecule has 0 radical (unpaired) electrons. The first-order chi connectivity index (χ1) is 14.6. The monoisotopic (exact) mass is 456 g/mol. The number of amides is 1. The van der Waals surface area contributed by atoms with Gasteiger partial charge in [0.25, 0.3) is 10.0 Å². The zero-order valence-corrected chi connectivity index (χ0v) is 19.5. The average Bonchev–Trinajstić information content (AvgIpc) is 2.72. The van der Waals surface area contributed by atoms with Crippen molar-refractivity contribution in [2.45, 2.75) is 32.6 Å². The van der Waals surface area contributed by atoms with Gasteiger partial charge in [0.15, 0.2) is 0 Å². The predicted octanol–water partition coefficient (Wildman–Crippen LogP) is 5.41. The van der Waals surface area contributed by atoms with E-state index in [1.54, 1.807) is 55.5 Å². The maximum atomic E-state index is 13.5. The summed E-state index contributed by atoms with van der Waals surface area (Å²) < 4.78 is 28.1.